The quantitative estimate of drug-likeness (QED) is 0.640. The average Bonchev–Trinajstić information content (AvgIpc) is 2.38. The molecule has 0 saturated heterocycles. The Kier molecular flexibility index (Phi) is 3.79. The molecule has 0 saturated carbocycles. The molecular formula is C13H8Cl2FN3. The Balaban J connectivity index is 2.34. The van der Waals surface area contributed by atoms with Crippen LogP contribution in [0.5, 0.6) is 0 Å². The number of anilines is 3. The Bertz CT molecular complexity index is 657. The Morgan fingerprint density at radius 3 is 2.32 bits per heavy atom. The van der Waals surface area contributed by atoms with Gasteiger partial charge >= 0.3 is 0 Å². The Morgan fingerprint density at radius 1 is 1.16 bits per heavy atom. The highest BCUT2D eigenvalue weighted by Gasteiger charge is 2.08. The van der Waals surface area contributed by atoms with E-state index >= 15 is 0 Å². The largest absolute Gasteiger partial charge is 0.397 e. The summed E-state index contributed by atoms with van der Waals surface area (Å²) in [6.45, 7) is 0. The molecule has 19 heavy (non-hydrogen) atoms. The second-order valence-electron chi connectivity index (χ2n) is 3.79. The van der Waals surface area contributed by atoms with Crippen molar-refractivity contribution in [2.24, 2.45) is 0 Å². The highest BCUT2D eigenvalue weighted by atomic mass is 35.5. The molecule has 0 aliphatic heterocycles. The van der Waals surface area contributed by atoms with Crippen LogP contribution in [0.4, 0.5) is 21.5 Å². The number of hydrogen-bond donors (Lipinski definition) is 2. The maximum atomic E-state index is 13.3. The lowest BCUT2D eigenvalue weighted by Gasteiger charge is -2.10. The molecule has 0 aliphatic carbocycles. The van der Waals surface area contributed by atoms with Crippen molar-refractivity contribution < 1.29 is 4.39 Å². The van der Waals surface area contributed by atoms with Crippen LogP contribution in [0.15, 0.2) is 30.3 Å². The number of nitrogens with two attached hydrogens (primary N) is 1. The summed E-state index contributed by atoms with van der Waals surface area (Å²) in [5.41, 5.74) is 7.74. The highest BCUT2D eigenvalue weighted by molar-refractivity contribution is 6.35. The van der Waals surface area contributed by atoms with Gasteiger partial charge < -0.3 is 11.1 Å². The topological polar surface area (TPSA) is 61.8 Å². The van der Waals surface area contributed by atoms with Gasteiger partial charge in [-0.1, -0.05) is 23.2 Å². The van der Waals surface area contributed by atoms with E-state index in [2.05, 4.69) is 5.32 Å². The van der Waals surface area contributed by atoms with Crippen LogP contribution in [0, 0.1) is 17.1 Å². The molecule has 0 radical (unpaired) electrons. The summed E-state index contributed by atoms with van der Waals surface area (Å²) in [5.74, 6) is -0.665. The molecule has 6 heteroatoms. The van der Waals surface area contributed by atoms with Gasteiger partial charge in [-0.3, -0.25) is 0 Å². The fourth-order valence-electron chi connectivity index (χ4n) is 1.53. The van der Waals surface area contributed by atoms with Gasteiger partial charge in [0.05, 0.1) is 33.1 Å². The molecule has 0 amide bonds. The maximum absolute atomic E-state index is 13.3. The number of benzene rings is 2. The molecule has 0 unspecified atom stereocenters. The van der Waals surface area contributed by atoms with E-state index in [4.69, 9.17) is 34.2 Å². The molecular weight excluding hydrogens is 288 g/mol. The fourth-order valence-corrected chi connectivity index (χ4v) is 2.02. The molecule has 3 nitrogen and oxygen atoms in total. The molecule has 0 aromatic heterocycles. The van der Waals surface area contributed by atoms with E-state index in [-0.39, 0.29) is 10.0 Å². The predicted molar refractivity (Wildman–Crippen MR) is 75.3 cm³/mol. The van der Waals surface area contributed by atoms with Crippen LogP contribution in [-0.4, -0.2) is 0 Å². The van der Waals surface area contributed by atoms with Crippen molar-refractivity contribution in [1.82, 2.24) is 0 Å². The zero-order valence-corrected chi connectivity index (χ0v) is 11.1. The zero-order valence-electron chi connectivity index (χ0n) is 9.55. The minimum Gasteiger partial charge on any atom is -0.397 e. The minimum absolute atomic E-state index is 0.0813. The number of hydrogen-bond acceptors (Lipinski definition) is 3. The van der Waals surface area contributed by atoms with Crippen molar-refractivity contribution in [3.05, 3.63) is 51.8 Å². The zero-order chi connectivity index (χ0) is 14.0. The predicted octanol–water partition coefficient (Wildman–Crippen LogP) is 4.33. The highest BCUT2D eigenvalue weighted by Crippen LogP contribution is 2.30. The first-order valence-electron chi connectivity index (χ1n) is 5.22. The summed E-state index contributed by atoms with van der Waals surface area (Å²) in [4.78, 5) is 0. The third kappa shape index (κ3) is 2.90. The van der Waals surface area contributed by atoms with E-state index in [0.29, 0.717) is 22.6 Å². The van der Waals surface area contributed by atoms with Crippen LogP contribution in [0.2, 0.25) is 10.0 Å². The summed E-state index contributed by atoms with van der Waals surface area (Å²) in [7, 11) is 0. The van der Waals surface area contributed by atoms with Crippen LogP contribution in [0.1, 0.15) is 5.56 Å². The SMILES string of the molecule is N#Cc1ccc(Nc2cc(Cl)c(F)c(Cl)c2)c(N)c1. The second kappa shape index (κ2) is 5.35. The monoisotopic (exact) mass is 295 g/mol. The number of halogens is 3. The molecule has 0 atom stereocenters. The third-order valence-corrected chi connectivity index (χ3v) is 2.99. The molecule has 0 aliphatic rings. The smallest absolute Gasteiger partial charge is 0.160 e. The lowest BCUT2D eigenvalue weighted by molar-refractivity contribution is 0.629. The van der Waals surface area contributed by atoms with Crippen LogP contribution in [0.25, 0.3) is 0 Å². The summed E-state index contributed by atoms with van der Waals surface area (Å²) < 4.78 is 13.3. The molecule has 0 bridgehead atoms. The Hall–Kier alpha value is -1.96. The Morgan fingerprint density at radius 2 is 1.79 bits per heavy atom. The van der Waals surface area contributed by atoms with Crippen LogP contribution in [-0.2, 0) is 0 Å². The number of rotatable bonds is 2. The fraction of sp³-hybridized carbons (Fsp3) is 0. The first-order chi connectivity index (χ1) is 9.01. The lowest BCUT2D eigenvalue weighted by atomic mass is 10.2. The van der Waals surface area contributed by atoms with Crippen LogP contribution in [0.3, 0.4) is 0 Å². The van der Waals surface area contributed by atoms with E-state index in [0.717, 1.165) is 0 Å². The number of nitrogens with one attached hydrogen (secondary N) is 1. The van der Waals surface area contributed by atoms with E-state index in [1.165, 1.54) is 18.2 Å². The third-order valence-electron chi connectivity index (χ3n) is 2.44. The molecule has 96 valence electrons. The van der Waals surface area contributed by atoms with Gasteiger partial charge in [0.25, 0.3) is 0 Å². The van der Waals surface area contributed by atoms with Crippen molar-refractivity contribution in [2.45, 2.75) is 0 Å². The van der Waals surface area contributed by atoms with E-state index in [1.807, 2.05) is 6.07 Å². The average molecular weight is 296 g/mol. The summed E-state index contributed by atoms with van der Waals surface area (Å²) >= 11 is 11.4. The molecule has 0 spiro atoms. The molecule has 0 fully saturated rings. The van der Waals surface area contributed by atoms with E-state index in [1.54, 1.807) is 12.1 Å². The van der Waals surface area contributed by atoms with Gasteiger partial charge in [-0.25, -0.2) is 4.39 Å². The Labute approximate surface area is 119 Å². The van der Waals surface area contributed by atoms with Gasteiger partial charge in [0.2, 0.25) is 0 Å². The van der Waals surface area contributed by atoms with Crippen molar-refractivity contribution in [1.29, 1.82) is 5.26 Å². The number of nitrogens with zero attached hydrogens (tertiary/aromatic N) is 1. The van der Waals surface area contributed by atoms with Crippen molar-refractivity contribution in [2.75, 3.05) is 11.1 Å². The second-order valence-corrected chi connectivity index (χ2v) is 4.61. The summed E-state index contributed by atoms with van der Waals surface area (Å²) in [5, 5.41) is 11.5. The van der Waals surface area contributed by atoms with Crippen molar-refractivity contribution >= 4 is 40.3 Å². The van der Waals surface area contributed by atoms with E-state index < -0.39 is 5.82 Å². The van der Waals surface area contributed by atoms with Gasteiger partial charge in [-0.2, -0.15) is 5.26 Å². The standard InChI is InChI=1S/C13H8Cl2FN3/c14-9-4-8(5-10(15)13(9)16)19-12-2-1-7(6-17)3-11(12)18/h1-5,19H,18H2. The summed E-state index contributed by atoms with van der Waals surface area (Å²) in [6, 6.07) is 9.60. The van der Waals surface area contributed by atoms with Crippen molar-refractivity contribution in [3.8, 4) is 6.07 Å². The molecule has 2 aromatic carbocycles. The molecule has 0 heterocycles. The summed E-state index contributed by atoms with van der Waals surface area (Å²) in [6.07, 6.45) is 0. The van der Waals surface area contributed by atoms with Gasteiger partial charge in [0.15, 0.2) is 5.82 Å². The van der Waals surface area contributed by atoms with Gasteiger partial charge in [-0.15, -0.1) is 0 Å². The van der Waals surface area contributed by atoms with Gasteiger partial charge in [0, 0.05) is 5.69 Å². The van der Waals surface area contributed by atoms with E-state index in [9.17, 15) is 4.39 Å². The van der Waals surface area contributed by atoms with Crippen molar-refractivity contribution in [3.63, 3.8) is 0 Å². The minimum atomic E-state index is -0.665. The molecule has 3 N–H and O–H groups in total. The van der Waals surface area contributed by atoms with Crippen LogP contribution < -0.4 is 11.1 Å². The van der Waals surface area contributed by atoms with Gasteiger partial charge in [-0.05, 0) is 30.3 Å². The normalized spacial score (nSPS) is 10.0. The molecule has 2 aromatic rings. The maximum Gasteiger partial charge on any atom is 0.160 e. The first-order valence-corrected chi connectivity index (χ1v) is 5.98. The van der Waals surface area contributed by atoms with Gasteiger partial charge in [0.1, 0.15) is 0 Å². The number of nitrogen functional groups attached to an aromatic ring is 1. The molecule has 2 rings (SSSR count). The first kappa shape index (κ1) is 13.5. The lowest BCUT2D eigenvalue weighted by Crippen LogP contribution is -1.97. The number of nitriles is 1. The van der Waals surface area contributed by atoms with Crippen LogP contribution >= 0.6 is 23.2 Å².